The first kappa shape index (κ1) is 11.0. The molecular formula is C15H19N. The van der Waals surface area contributed by atoms with Gasteiger partial charge in [0.25, 0.3) is 0 Å². The van der Waals surface area contributed by atoms with E-state index in [-0.39, 0.29) is 0 Å². The predicted octanol–water partition coefficient (Wildman–Crippen LogP) is 3.74. The second kappa shape index (κ2) is 5.02. The van der Waals surface area contributed by atoms with Crippen molar-refractivity contribution in [2.24, 2.45) is 0 Å². The van der Waals surface area contributed by atoms with Crippen molar-refractivity contribution in [3.8, 4) is 0 Å². The summed E-state index contributed by atoms with van der Waals surface area (Å²) in [5.74, 6) is 0. The maximum absolute atomic E-state index is 2.39. The number of nitrogens with zero attached hydrogens (tertiary/aromatic N) is 1. The van der Waals surface area contributed by atoms with Gasteiger partial charge in [0.05, 0.1) is 0 Å². The van der Waals surface area contributed by atoms with Gasteiger partial charge in [0.1, 0.15) is 0 Å². The molecule has 0 atom stereocenters. The van der Waals surface area contributed by atoms with Crippen LogP contribution in [0.15, 0.2) is 42.5 Å². The Bertz CT molecular complexity index is 420. The molecule has 0 aliphatic heterocycles. The van der Waals surface area contributed by atoms with Crippen LogP contribution in [0.5, 0.6) is 0 Å². The van der Waals surface area contributed by atoms with E-state index in [0.717, 1.165) is 13.0 Å². The van der Waals surface area contributed by atoms with Crippen molar-refractivity contribution in [1.82, 2.24) is 4.57 Å². The number of rotatable bonds is 4. The minimum Gasteiger partial charge on any atom is -0.349 e. The molecule has 2 rings (SSSR count). The van der Waals surface area contributed by atoms with Gasteiger partial charge >= 0.3 is 0 Å². The number of aryl methyl sites for hydroxylation is 3. The lowest BCUT2D eigenvalue weighted by Gasteiger charge is -2.09. The average Bonchev–Trinajstić information content (AvgIpc) is 2.62. The van der Waals surface area contributed by atoms with Crippen LogP contribution in [0.2, 0.25) is 0 Å². The molecule has 1 heteroatoms. The number of aromatic nitrogens is 1. The molecule has 0 saturated heterocycles. The van der Waals surface area contributed by atoms with Crippen LogP contribution in [0, 0.1) is 13.8 Å². The fraction of sp³-hybridized carbons (Fsp3) is 0.333. The van der Waals surface area contributed by atoms with Crippen LogP contribution >= 0.6 is 0 Å². The third-order valence-corrected chi connectivity index (χ3v) is 3.11. The molecular weight excluding hydrogens is 194 g/mol. The fourth-order valence-electron chi connectivity index (χ4n) is 2.14. The van der Waals surface area contributed by atoms with E-state index in [1.807, 2.05) is 0 Å². The number of benzene rings is 1. The van der Waals surface area contributed by atoms with Crippen molar-refractivity contribution < 1.29 is 0 Å². The molecule has 0 bridgehead atoms. The van der Waals surface area contributed by atoms with Gasteiger partial charge in [-0.05, 0) is 44.4 Å². The molecule has 84 valence electrons. The highest BCUT2D eigenvalue weighted by atomic mass is 15.0. The molecule has 0 N–H and O–H groups in total. The lowest BCUT2D eigenvalue weighted by molar-refractivity contribution is 0.618. The van der Waals surface area contributed by atoms with Crippen LogP contribution in [-0.4, -0.2) is 4.57 Å². The molecule has 1 heterocycles. The highest BCUT2D eigenvalue weighted by Crippen LogP contribution is 2.10. The number of hydrogen-bond donors (Lipinski definition) is 0. The van der Waals surface area contributed by atoms with E-state index in [4.69, 9.17) is 0 Å². The lowest BCUT2D eigenvalue weighted by Crippen LogP contribution is -2.03. The van der Waals surface area contributed by atoms with E-state index < -0.39 is 0 Å². The summed E-state index contributed by atoms with van der Waals surface area (Å²) in [5, 5.41) is 0. The first-order chi connectivity index (χ1) is 7.77. The molecule has 1 nitrogen and oxygen atoms in total. The Morgan fingerprint density at radius 3 is 2.12 bits per heavy atom. The maximum Gasteiger partial charge on any atom is 0.0227 e. The Morgan fingerprint density at radius 2 is 1.50 bits per heavy atom. The first-order valence-electron chi connectivity index (χ1n) is 5.94. The zero-order valence-electron chi connectivity index (χ0n) is 10.1. The summed E-state index contributed by atoms with van der Waals surface area (Å²) in [6, 6.07) is 15.1. The largest absolute Gasteiger partial charge is 0.349 e. The SMILES string of the molecule is Cc1ccc(C)n1CCCc1ccccc1. The van der Waals surface area contributed by atoms with Gasteiger partial charge in [-0.2, -0.15) is 0 Å². The van der Waals surface area contributed by atoms with Crippen molar-refractivity contribution in [2.75, 3.05) is 0 Å². The molecule has 0 radical (unpaired) electrons. The van der Waals surface area contributed by atoms with Crippen LogP contribution in [0.25, 0.3) is 0 Å². The minimum absolute atomic E-state index is 1.12. The Kier molecular flexibility index (Phi) is 3.45. The van der Waals surface area contributed by atoms with Crippen LogP contribution in [0.4, 0.5) is 0 Å². The quantitative estimate of drug-likeness (QED) is 0.729. The summed E-state index contributed by atoms with van der Waals surface area (Å²) in [7, 11) is 0. The smallest absolute Gasteiger partial charge is 0.0227 e. The zero-order valence-corrected chi connectivity index (χ0v) is 10.1. The molecule has 0 fully saturated rings. The van der Waals surface area contributed by atoms with Crippen LogP contribution in [0.1, 0.15) is 23.4 Å². The maximum atomic E-state index is 2.39. The third-order valence-electron chi connectivity index (χ3n) is 3.11. The van der Waals surface area contributed by atoms with Gasteiger partial charge < -0.3 is 4.57 Å². The average molecular weight is 213 g/mol. The van der Waals surface area contributed by atoms with Crippen molar-refractivity contribution >= 4 is 0 Å². The summed E-state index contributed by atoms with van der Waals surface area (Å²) in [6.45, 7) is 5.48. The summed E-state index contributed by atoms with van der Waals surface area (Å²) < 4.78 is 2.39. The first-order valence-corrected chi connectivity index (χ1v) is 5.94. The Labute approximate surface area is 97.7 Å². The predicted molar refractivity (Wildman–Crippen MR) is 68.7 cm³/mol. The molecule has 0 aliphatic rings. The van der Waals surface area contributed by atoms with Crippen LogP contribution in [-0.2, 0) is 13.0 Å². The van der Waals surface area contributed by atoms with Crippen molar-refractivity contribution in [3.63, 3.8) is 0 Å². The van der Waals surface area contributed by atoms with E-state index in [2.05, 4.69) is 60.9 Å². The molecule has 16 heavy (non-hydrogen) atoms. The molecule has 0 saturated carbocycles. The van der Waals surface area contributed by atoms with Crippen molar-refractivity contribution in [3.05, 3.63) is 59.4 Å². The molecule has 1 aromatic carbocycles. The summed E-state index contributed by atoms with van der Waals surface area (Å²) in [5.41, 5.74) is 4.17. The third kappa shape index (κ3) is 2.54. The summed E-state index contributed by atoms with van der Waals surface area (Å²) in [6.07, 6.45) is 2.37. The lowest BCUT2D eigenvalue weighted by atomic mass is 10.1. The van der Waals surface area contributed by atoms with Gasteiger partial charge in [0.15, 0.2) is 0 Å². The highest BCUT2D eigenvalue weighted by Gasteiger charge is 2.00. The summed E-state index contributed by atoms with van der Waals surface area (Å²) >= 11 is 0. The Balaban J connectivity index is 1.89. The number of hydrogen-bond acceptors (Lipinski definition) is 0. The van der Waals surface area contributed by atoms with Gasteiger partial charge in [-0.15, -0.1) is 0 Å². The van der Waals surface area contributed by atoms with Crippen LogP contribution in [0.3, 0.4) is 0 Å². The highest BCUT2D eigenvalue weighted by molar-refractivity contribution is 5.15. The Hall–Kier alpha value is -1.50. The minimum atomic E-state index is 1.12. The van der Waals surface area contributed by atoms with E-state index in [0.29, 0.717) is 0 Å². The fourth-order valence-corrected chi connectivity index (χ4v) is 2.14. The van der Waals surface area contributed by atoms with E-state index in [1.165, 1.54) is 23.4 Å². The monoisotopic (exact) mass is 213 g/mol. The zero-order chi connectivity index (χ0) is 11.4. The second-order valence-electron chi connectivity index (χ2n) is 4.36. The molecule has 0 spiro atoms. The van der Waals surface area contributed by atoms with Gasteiger partial charge in [0.2, 0.25) is 0 Å². The van der Waals surface area contributed by atoms with Gasteiger partial charge in [-0.3, -0.25) is 0 Å². The molecule has 0 amide bonds. The van der Waals surface area contributed by atoms with E-state index >= 15 is 0 Å². The van der Waals surface area contributed by atoms with E-state index in [1.54, 1.807) is 0 Å². The van der Waals surface area contributed by atoms with Gasteiger partial charge in [-0.1, -0.05) is 30.3 Å². The molecule has 0 aliphatic carbocycles. The van der Waals surface area contributed by atoms with Gasteiger partial charge in [0, 0.05) is 17.9 Å². The second-order valence-corrected chi connectivity index (χ2v) is 4.36. The molecule has 1 aromatic heterocycles. The normalized spacial score (nSPS) is 10.6. The van der Waals surface area contributed by atoms with Crippen molar-refractivity contribution in [1.29, 1.82) is 0 Å². The van der Waals surface area contributed by atoms with E-state index in [9.17, 15) is 0 Å². The molecule has 0 unspecified atom stereocenters. The molecule has 2 aromatic rings. The topological polar surface area (TPSA) is 4.93 Å². The van der Waals surface area contributed by atoms with Crippen LogP contribution < -0.4 is 0 Å². The standard InChI is InChI=1S/C15H19N/c1-13-10-11-14(2)16(13)12-6-9-15-7-4-3-5-8-15/h3-5,7-8,10-11H,6,9,12H2,1-2H3. The Morgan fingerprint density at radius 1 is 0.875 bits per heavy atom. The van der Waals surface area contributed by atoms with Gasteiger partial charge in [-0.25, -0.2) is 0 Å². The summed E-state index contributed by atoms with van der Waals surface area (Å²) in [4.78, 5) is 0. The van der Waals surface area contributed by atoms with Crippen molar-refractivity contribution in [2.45, 2.75) is 33.2 Å².